The van der Waals surface area contributed by atoms with Crippen LogP contribution in [0.4, 0.5) is 5.13 Å². The summed E-state index contributed by atoms with van der Waals surface area (Å²) < 4.78 is 5.67. The van der Waals surface area contributed by atoms with E-state index in [1.54, 1.807) is 24.3 Å². The number of nitrogens with one attached hydrogen (secondary N) is 1. The van der Waals surface area contributed by atoms with Gasteiger partial charge in [0, 0.05) is 16.8 Å². The highest BCUT2D eigenvalue weighted by atomic mass is 35.5. The van der Waals surface area contributed by atoms with Crippen LogP contribution >= 0.6 is 34.3 Å². The summed E-state index contributed by atoms with van der Waals surface area (Å²) in [6, 6.07) is 7.16. The Balaban J connectivity index is 1.47. The third-order valence-electron chi connectivity index (χ3n) is 3.57. The molecule has 2 heterocycles. The number of hydrogen-bond donors (Lipinski definition) is 1. The molecule has 3 rings (SSSR count). The molecular weight excluding hydrogens is 404 g/mol. The maximum Gasteiger partial charge on any atom is 0.232 e. The first-order chi connectivity index (χ1) is 13.1. The van der Waals surface area contributed by atoms with E-state index >= 15 is 0 Å². The second kappa shape index (κ2) is 9.77. The number of aromatic nitrogens is 3. The summed E-state index contributed by atoms with van der Waals surface area (Å²) in [6.45, 7) is 2.48. The molecule has 1 N–H and O–H groups in total. The number of benzene rings is 1. The van der Waals surface area contributed by atoms with Crippen molar-refractivity contribution in [3.63, 3.8) is 0 Å². The predicted octanol–water partition coefficient (Wildman–Crippen LogP) is 4.75. The van der Waals surface area contributed by atoms with Crippen LogP contribution in [0.15, 0.2) is 29.6 Å². The number of unbranched alkanes of at least 4 members (excludes halogenated alkanes) is 1. The molecule has 0 aliphatic carbocycles. The summed E-state index contributed by atoms with van der Waals surface area (Å²) in [5.41, 5.74) is 0.711. The van der Waals surface area contributed by atoms with Crippen molar-refractivity contribution in [2.75, 3.05) is 5.32 Å². The van der Waals surface area contributed by atoms with E-state index < -0.39 is 0 Å². The Hall–Kier alpha value is -2.03. The number of carbonyl (C=O) groups excluding carboxylic acids is 1. The van der Waals surface area contributed by atoms with E-state index in [1.165, 1.54) is 22.7 Å². The minimum absolute atomic E-state index is 0.149. The smallest absolute Gasteiger partial charge is 0.232 e. The maximum atomic E-state index is 12.2. The molecular formula is C18H19ClN4O2S2. The van der Waals surface area contributed by atoms with Crippen LogP contribution in [-0.2, 0) is 24.2 Å². The molecule has 1 aromatic carbocycles. The molecule has 0 atom stereocenters. The monoisotopic (exact) mass is 422 g/mol. The summed E-state index contributed by atoms with van der Waals surface area (Å²) in [6.07, 6.45) is 3.27. The van der Waals surface area contributed by atoms with Gasteiger partial charge in [0.15, 0.2) is 0 Å². The highest BCUT2D eigenvalue weighted by molar-refractivity contribution is 7.15. The zero-order valence-corrected chi connectivity index (χ0v) is 17.2. The first-order valence-electron chi connectivity index (χ1n) is 8.56. The van der Waals surface area contributed by atoms with Gasteiger partial charge in [0.25, 0.3) is 0 Å². The van der Waals surface area contributed by atoms with Crippen LogP contribution in [-0.4, -0.2) is 21.1 Å². The lowest BCUT2D eigenvalue weighted by Crippen LogP contribution is -2.14. The second-order valence-electron chi connectivity index (χ2n) is 5.80. The van der Waals surface area contributed by atoms with Crippen molar-refractivity contribution in [1.82, 2.24) is 15.2 Å². The number of ether oxygens (including phenoxy) is 1. The molecule has 0 unspecified atom stereocenters. The Kier molecular flexibility index (Phi) is 7.14. The average molecular weight is 423 g/mol. The third kappa shape index (κ3) is 6.27. The van der Waals surface area contributed by atoms with Gasteiger partial charge >= 0.3 is 0 Å². The fourth-order valence-corrected chi connectivity index (χ4v) is 3.86. The number of amides is 1. The Morgan fingerprint density at radius 3 is 2.81 bits per heavy atom. The molecule has 0 bridgehead atoms. The summed E-state index contributed by atoms with van der Waals surface area (Å²) >= 11 is 8.74. The van der Waals surface area contributed by atoms with Gasteiger partial charge in [-0.2, -0.15) is 0 Å². The molecule has 9 heteroatoms. The lowest BCUT2D eigenvalue weighted by atomic mass is 10.3. The van der Waals surface area contributed by atoms with Gasteiger partial charge in [-0.1, -0.05) is 36.3 Å². The summed E-state index contributed by atoms with van der Waals surface area (Å²) in [4.78, 5) is 16.6. The Bertz CT molecular complexity index is 880. The number of thiazole rings is 1. The minimum Gasteiger partial charge on any atom is -0.486 e. The SMILES string of the molecule is CCCCc1nnc(NC(=O)Cc2csc(COc3ccc(Cl)cc3)n2)s1. The second-order valence-corrected chi connectivity index (χ2v) is 8.25. The molecule has 0 radical (unpaired) electrons. The highest BCUT2D eigenvalue weighted by Crippen LogP contribution is 2.20. The largest absolute Gasteiger partial charge is 0.486 e. The van der Waals surface area contributed by atoms with Gasteiger partial charge in [-0.3, -0.25) is 4.79 Å². The van der Waals surface area contributed by atoms with Crippen LogP contribution < -0.4 is 10.1 Å². The number of anilines is 1. The molecule has 0 saturated carbocycles. The van der Waals surface area contributed by atoms with Gasteiger partial charge in [-0.05, 0) is 30.7 Å². The minimum atomic E-state index is -0.149. The molecule has 0 spiro atoms. The number of carbonyl (C=O) groups is 1. The Morgan fingerprint density at radius 1 is 1.22 bits per heavy atom. The van der Waals surface area contributed by atoms with E-state index in [-0.39, 0.29) is 12.3 Å². The van der Waals surface area contributed by atoms with Gasteiger partial charge in [0.2, 0.25) is 11.0 Å². The van der Waals surface area contributed by atoms with Crippen molar-refractivity contribution in [2.24, 2.45) is 0 Å². The van der Waals surface area contributed by atoms with E-state index in [4.69, 9.17) is 16.3 Å². The van der Waals surface area contributed by atoms with Gasteiger partial charge in [0.1, 0.15) is 22.4 Å². The van der Waals surface area contributed by atoms with E-state index in [0.717, 1.165) is 35.0 Å². The van der Waals surface area contributed by atoms with Crippen LogP contribution in [0, 0.1) is 0 Å². The normalized spacial score (nSPS) is 10.7. The molecule has 2 aromatic heterocycles. The van der Waals surface area contributed by atoms with E-state index in [9.17, 15) is 4.79 Å². The molecule has 0 saturated heterocycles. The fourth-order valence-electron chi connectivity index (χ4n) is 2.23. The van der Waals surface area contributed by atoms with Crippen LogP contribution in [0.3, 0.4) is 0 Å². The molecule has 3 aromatic rings. The van der Waals surface area contributed by atoms with Crippen molar-refractivity contribution >= 4 is 45.3 Å². The highest BCUT2D eigenvalue weighted by Gasteiger charge is 2.11. The van der Waals surface area contributed by atoms with Crippen molar-refractivity contribution in [2.45, 2.75) is 39.2 Å². The Morgan fingerprint density at radius 2 is 2.04 bits per heavy atom. The first kappa shape index (κ1) is 19.7. The molecule has 0 fully saturated rings. The van der Waals surface area contributed by atoms with Crippen molar-refractivity contribution < 1.29 is 9.53 Å². The number of nitrogens with zero attached hydrogens (tertiary/aromatic N) is 3. The van der Waals surface area contributed by atoms with Crippen molar-refractivity contribution in [3.8, 4) is 5.75 Å². The molecule has 1 amide bonds. The van der Waals surface area contributed by atoms with Crippen molar-refractivity contribution in [1.29, 1.82) is 0 Å². The van der Waals surface area contributed by atoms with E-state index in [2.05, 4.69) is 27.4 Å². The van der Waals surface area contributed by atoms with Gasteiger partial charge in [-0.15, -0.1) is 21.5 Å². The molecule has 0 aliphatic heterocycles. The predicted molar refractivity (Wildman–Crippen MR) is 109 cm³/mol. The van der Waals surface area contributed by atoms with Crippen molar-refractivity contribution in [3.05, 3.63) is 50.4 Å². The molecule has 142 valence electrons. The Labute approximate surface area is 170 Å². The average Bonchev–Trinajstić information content (AvgIpc) is 3.29. The number of halogens is 1. The number of rotatable bonds is 9. The van der Waals surface area contributed by atoms with Gasteiger partial charge in [0.05, 0.1) is 12.1 Å². The van der Waals surface area contributed by atoms with Gasteiger partial charge < -0.3 is 10.1 Å². The topological polar surface area (TPSA) is 77.0 Å². The standard InChI is InChI=1S/C18H19ClN4O2S2/c1-2-3-4-16-22-23-18(27-16)21-15(24)9-13-11-26-17(20-13)10-25-14-7-5-12(19)6-8-14/h5-8,11H,2-4,9-10H2,1H3,(H,21,23,24). The summed E-state index contributed by atoms with van der Waals surface area (Å²) in [5.74, 6) is 0.577. The van der Waals surface area contributed by atoms with E-state index in [1.807, 2.05) is 5.38 Å². The summed E-state index contributed by atoms with van der Waals surface area (Å²) in [5, 5.41) is 15.7. The third-order valence-corrected chi connectivity index (χ3v) is 5.60. The molecule has 27 heavy (non-hydrogen) atoms. The number of hydrogen-bond acceptors (Lipinski definition) is 7. The maximum absolute atomic E-state index is 12.2. The zero-order chi connectivity index (χ0) is 19.1. The van der Waals surface area contributed by atoms with Crippen LogP contribution in [0.1, 0.15) is 35.5 Å². The van der Waals surface area contributed by atoms with Gasteiger partial charge in [-0.25, -0.2) is 4.98 Å². The zero-order valence-electron chi connectivity index (χ0n) is 14.8. The van der Waals surface area contributed by atoms with Crippen LogP contribution in [0.25, 0.3) is 0 Å². The molecule has 0 aliphatic rings. The fraction of sp³-hybridized carbons (Fsp3) is 0.333. The quantitative estimate of drug-likeness (QED) is 0.538. The number of aryl methyl sites for hydroxylation is 1. The lowest BCUT2D eigenvalue weighted by molar-refractivity contribution is -0.115. The first-order valence-corrected chi connectivity index (χ1v) is 10.6. The van der Waals surface area contributed by atoms with Crippen LogP contribution in [0.2, 0.25) is 5.02 Å². The molecule has 6 nitrogen and oxygen atoms in total. The lowest BCUT2D eigenvalue weighted by Gasteiger charge is -2.03. The summed E-state index contributed by atoms with van der Waals surface area (Å²) in [7, 11) is 0. The van der Waals surface area contributed by atoms with Crippen LogP contribution in [0.5, 0.6) is 5.75 Å². The van der Waals surface area contributed by atoms with E-state index in [0.29, 0.717) is 22.5 Å².